The van der Waals surface area contributed by atoms with Crippen molar-refractivity contribution in [2.45, 2.75) is 13.0 Å². The SMILES string of the molecule is CNc1cc(Cl)cc(COc2c(Cl)cc(CC(=O)O)cc2Cl)c1F. The number of hydrogen-bond acceptors (Lipinski definition) is 3. The lowest BCUT2D eigenvalue weighted by atomic mass is 10.1. The number of nitrogens with one attached hydrogen (secondary N) is 1. The van der Waals surface area contributed by atoms with Crippen molar-refractivity contribution in [2.75, 3.05) is 12.4 Å². The van der Waals surface area contributed by atoms with Crippen LogP contribution in [-0.4, -0.2) is 18.1 Å². The highest BCUT2D eigenvalue weighted by molar-refractivity contribution is 6.37. The molecule has 0 radical (unpaired) electrons. The summed E-state index contributed by atoms with van der Waals surface area (Å²) in [4.78, 5) is 10.7. The summed E-state index contributed by atoms with van der Waals surface area (Å²) in [7, 11) is 1.58. The summed E-state index contributed by atoms with van der Waals surface area (Å²) in [5.74, 6) is -1.34. The minimum Gasteiger partial charge on any atom is -0.486 e. The van der Waals surface area contributed by atoms with E-state index in [0.29, 0.717) is 10.6 Å². The molecule has 0 atom stereocenters. The molecule has 0 aliphatic heterocycles. The molecule has 2 N–H and O–H groups in total. The molecule has 0 saturated carbocycles. The molecule has 0 fully saturated rings. The zero-order chi connectivity index (χ0) is 17.9. The van der Waals surface area contributed by atoms with E-state index in [1.807, 2.05) is 0 Å². The molecule has 0 spiro atoms. The first-order chi connectivity index (χ1) is 11.3. The Morgan fingerprint density at radius 3 is 2.38 bits per heavy atom. The Labute approximate surface area is 153 Å². The normalized spacial score (nSPS) is 10.5. The molecule has 2 aromatic carbocycles. The molecule has 0 aliphatic carbocycles. The number of carboxylic acid groups (broad SMARTS) is 1. The fourth-order valence-electron chi connectivity index (χ4n) is 2.11. The summed E-state index contributed by atoms with van der Waals surface area (Å²) in [6.07, 6.45) is -0.214. The molecule has 2 aromatic rings. The number of benzene rings is 2. The summed E-state index contributed by atoms with van der Waals surface area (Å²) >= 11 is 18.1. The summed E-state index contributed by atoms with van der Waals surface area (Å²) in [6.45, 7) is -0.140. The summed E-state index contributed by atoms with van der Waals surface area (Å²) < 4.78 is 19.7. The molecular formula is C16H13Cl3FNO3. The Morgan fingerprint density at radius 1 is 1.21 bits per heavy atom. The minimum absolute atomic E-state index is 0.140. The van der Waals surface area contributed by atoms with Crippen LogP contribution in [0, 0.1) is 5.82 Å². The minimum atomic E-state index is -1.00. The lowest BCUT2D eigenvalue weighted by Gasteiger charge is -2.13. The maximum Gasteiger partial charge on any atom is 0.307 e. The van der Waals surface area contributed by atoms with Crippen LogP contribution in [0.3, 0.4) is 0 Å². The lowest BCUT2D eigenvalue weighted by Crippen LogP contribution is -2.04. The third kappa shape index (κ3) is 4.44. The molecule has 0 amide bonds. The van der Waals surface area contributed by atoms with Gasteiger partial charge in [0.2, 0.25) is 0 Å². The van der Waals surface area contributed by atoms with Gasteiger partial charge < -0.3 is 15.2 Å². The van der Waals surface area contributed by atoms with Crippen LogP contribution in [0.15, 0.2) is 24.3 Å². The molecule has 128 valence electrons. The molecular weight excluding hydrogens is 380 g/mol. The second-order valence-electron chi connectivity index (χ2n) is 4.92. The van der Waals surface area contributed by atoms with Crippen molar-refractivity contribution >= 4 is 46.5 Å². The summed E-state index contributed by atoms with van der Waals surface area (Å²) in [5, 5.41) is 12.2. The first-order valence-corrected chi connectivity index (χ1v) is 7.93. The molecule has 0 unspecified atom stereocenters. The average Bonchev–Trinajstić information content (AvgIpc) is 2.48. The number of carboxylic acids is 1. The van der Waals surface area contributed by atoms with Crippen LogP contribution in [0.1, 0.15) is 11.1 Å². The van der Waals surface area contributed by atoms with Crippen molar-refractivity contribution in [3.05, 3.63) is 56.3 Å². The third-order valence-corrected chi connectivity index (χ3v) is 3.95. The molecule has 0 aromatic heterocycles. The second-order valence-corrected chi connectivity index (χ2v) is 6.18. The van der Waals surface area contributed by atoms with Crippen LogP contribution in [0.4, 0.5) is 10.1 Å². The highest BCUT2D eigenvalue weighted by atomic mass is 35.5. The van der Waals surface area contributed by atoms with Gasteiger partial charge in [-0.25, -0.2) is 4.39 Å². The fraction of sp³-hybridized carbons (Fsp3) is 0.188. The van der Waals surface area contributed by atoms with Crippen LogP contribution in [0.2, 0.25) is 15.1 Å². The van der Waals surface area contributed by atoms with E-state index in [4.69, 9.17) is 44.6 Å². The number of hydrogen-bond donors (Lipinski definition) is 2. The highest BCUT2D eigenvalue weighted by Crippen LogP contribution is 2.35. The number of anilines is 1. The smallest absolute Gasteiger partial charge is 0.307 e. The first kappa shape index (κ1) is 18.6. The number of ether oxygens (including phenoxy) is 1. The van der Waals surface area contributed by atoms with E-state index in [1.54, 1.807) is 7.05 Å². The van der Waals surface area contributed by atoms with Crippen molar-refractivity contribution in [1.82, 2.24) is 0 Å². The Balaban J connectivity index is 2.24. The van der Waals surface area contributed by atoms with E-state index in [0.717, 1.165) is 0 Å². The predicted octanol–water partition coefficient (Wildman–Crippen LogP) is 5.03. The first-order valence-electron chi connectivity index (χ1n) is 6.80. The van der Waals surface area contributed by atoms with Crippen LogP contribution in [0.25, 0.3) is 0 Å². The molecule has 0 bridgehead atoms. The van der Waals surface area contributed by atoms with Crippen LogP contribution in [-0.2, 0) is 17.8 Å². The van der Waals surface area contributed by atoms with Gasteiger partial charge in [-0.05, 0) is 29.8 Å². The van der Waals surface area contributed by atoms with E-state index >= 15 is 0 Å². The Morgan fingerprint density at radius 2 is 1.83 bits per heavy atom. The third-order valence-electron chi connectivity index (χ3n) is 3.17. The topological polar surface area (TPSA) is 58.6 Å². The maximum atomic E-state index is 14.2. The van der Waals surface area contributed by atoms with Crippen molar-refractivity contribution in [3.8, 4) is 5.75 Å². The zero-order valence-corrected chi connectivity index (χ0v) is 14.8. The van der Waals surface area contributed by atoms with Crippen molar-refractivity contribution < 1.29 is 19.0 Å². The van der Waals surface area contributed by atoms with Crippen LogP contribution in [0.5, 0.6) is 5.75 Å². The van der Waals surface area contributed by atoms with Gasteiger partial charge in [-0.2, -0.15) is 0 Å². The van der Waals surface area contributed by atoms with Gasteiger partial charge >= 0.3 is 5.97 Å². The zero-order valence-electron chi connectivity index (χ0n) is 12.5. The number of aliphatic carboxylic acids is 1. The number of halogens is 4. The van der Waals surface area contributed by atoms with Crippen LogP contribution < -0.4 is 10.1 Å². The van der Waals surface area contributed by atoms with Crippen molar-refractivity contribution in [2.24, 2.45) is 0 Å². The molecule has 0 saturated heterocycles. The van der Waals surface area contributed by atoms with Gasteiger partial charge in [0.15, 0.2) is 11.6 Å². The Bertz CT molecular complexity index is 760. The van der Waals surface area contributed by atoms with Gasteiger partial charge in [-0.15, -0.1) is 0 Å². The van der Waals surface area contributed by atoms with E-state index in [-0.39, 0.29) is 40.1 Å². The van der Waals surface area contributed by atoms with E-state index in [9.17, 15) is 9.18 Å². The van der Waals surface area contributed by atoms with Gasteiger partial charge in [-0.1, -0.05) is 34.8 Å². The number of carbonyl (C=O) groups is 1. The molecule has 24 heavy (non-hydrogen) atoms. The standard InChI is InChI=1S/C16H13Cl3FNO3/c1-21-13-6-10(17)5-9(15(13)20)7-24-16-11(18)2-8(3-12(16)19)4-14(22)23/h2-3,5-6,21H,4,7H2,1H3,(H,22,23). The molecule has 0 heterocycles. The predicted molar refractivity (Wildman–Crippen MR) is 93.1 cm³/mol. The van der Waals surface area contributed by atoms with Crippen LogP contribution >= 0.6 is 34.8 Å². The summed E-state index contributed by atoms with van der Waals surface area (Å²) in [6, 6.07) is 5.80. The van der Waals surface area contributed by atoms with Gasteiger partial charge in [0.25, 0.3) is 0 Å². The summed E-state index contributed by atoms with van der Waals surface area (Å²) in [5.41, 5.74) is 0.917. The van der Waals surface area contributed by atoms with Gasteiger partial charge in [0.1, 0.15) is 6.61 Å². The Kier molecular flexibility index (Phi) is 6.15. The van der Waals surface area contributed by atoms with E-state index < -0.39 is 11.8 Å². The van der Waals surface area contributed by atoms with Gasteiger partial charge in [-0.3, -0.25) is 4.79 Å². The van der Waals surface area contributed by atoms with E-state index in [1.165, 1.54) is 24.3 Å². The fourth-order valence-corrected chi connectivity index (χ4v) is 2.99. The monoisotopic (exact) mass is 391 g/mol. The quantitative estimate of drug-likeness (QED) is 0.723. The van der Waals surface area contributed by atoms with Gasteiger partial charge in [0.05, 0.1) is 22.2 Å². The highest BCUT2D eigenvalue weighted by Gasteiger charge is 2.14. The van der Waals surface area contributed by atoms with Crippen molar-refractivity contribution in [1.29, 1.82) is 0 Å². The van der Waals surface area contributed by atoms with Gasteiger partial charge in [0, 0.05) is 17.6 Å². The van der Waals surface area contributed by atoms with E-state index in [2.05, 4.69) is 5.32 Å². The molecule has 2 rings (SSSR count). The Hall–Kier alpha value is -1.69. The second kappa shape index (κ2) is 7.92. The average molecular weight is 393 g/mol. The number of rotatable bonds is 6. The van der Waals surface area contributed by atoms with Crippen molar-refractivity contribution in [3.63, 3.8) is 0 Å². The maximum absolute atomic E-state index is 14.2. The molecule has 0 aliphatic rings. The molecule has 4 nitrogen and oxygen atoms in total. The lowest BCUT2D eigenvalue weighted by molar-refractivity contribution is -0.136. The molecule has 8 heteroatoms. The largest absolute Gasteiger partial charge is 0.486 e.